The summed E-state index contributed by atoms with van der Waals surface area (Å²) >= 11 is 3.45. The maximum absolute atomic E-state index is 12.2. The Labute approximate surface area is 159 Å². The molecule has 136 valence electrons. The van der Waals surface area contributed by atoms with Gasteiger partial charge in [-0.3, -0.25) is 0 Å². The Morgan fingerprint density at radius 2 is 1.92 bits per heavy atom. The second-order valence-electron chi connectivity index (χ2n) is 5.68. The van der Waals surface area contributed by atoms with Gasteiger partial charge >= 0.3 is 5.97 Å². The number of halogens is 1. The molecule has 8 heteroatoms. The molecule has 7 nitrogen and oxygen atoms in total. The summed E-state index contributed by atoms with van der Waals surface area (Å²) in [5, 5.41) is 13.0. The number of hydrogen-bond acceptors (Lipinski definition) is 6. The molecule has 0 bridgehead atoms. The van der Waals surface area contributed by atoms with Gasteiger partial charge in [-0.2, -0.15) is 5.10 Å². The van der Waals surface area contributed by atoms with Crippen molar-refractivity contribution in [1.29, 1.82) is 0 Å². The number of carbonyl (C=O) groups excluding carboxylic acids is 1. The molecule has 0 saturated heterocycles. The first-order valence-electron chi connectivity index (χ1n) is 8.23. The van der Waals surface area contributed by atoms with E-state index in [0.717, 1.165) is 27.7 Å². The number of aromatic nitrogens is 4. The first-order chi connectivity index (χ1) is 12.6. The quantitative estimate of drug-likeness (QED) is 0.451. The average molecular weight is 419 g/mol. The number of rotatable bonds is 6. The lowest BCUT2D eigenvalue weighted by atomic mass is 10.0. The van der Waals surface area contributed by atoms with E-state index in [0.29, 0.717) is 17.9 Å². The number of esters is 1. The highest BCUT2D eigenvalue weighted by Gasteiger charge is 2.21. The SMILES string of the molecule is CCc1nn2c(C)c(C(=O)OCCOC)nnc2c1-c1ccc(Br)cc1. The van der Waals surface area contributed by atoms with Crippen LogP contribution in [0.2, 0.25) is 0 Å². The number of benzene rings is 1. The van der Waals surface area contributed by atoms with Gasteiger partial charge in [0.05, 0.1) is 23.6 Å². The second kappa shape index (κ2) is 7.92. The zero-order chi connectivity index (χ0) is 18.7. The third kappa shape index (κ3) is 3.47. The number of methoxy groups -OCH3 is 1. The van der Waals surface area contributed by atoms with Crippen molar-refractivity contribution in [2.45, 2.75) is 20.3 Å². The van der Waals surface area contributed by atoms with Crippen molar-refractivity contribution in [2.24, 2.45) is 0 Å². The van der Waals surface area contributed by atoms with Gasteiger partial charge in [-0.25, -0.2) is 9.31 Å². The summed E-state index contributed by atoms with van der Waals surface area (Å²) in [5.41, 5.74) is 4.19. The standard InChI is InChI=1S/C18H19BrN4O3/c1-4-14-15(12-5-7-13(19)8-6-12)17-21-20-16(11(2)23(17)22-14)18(24)26-10-9-25-3/h5-8H,4,9-10H2,1-3H3. The molecule has 0 radical (unpaired) electrons. The smallest absolute Gasteiger partial charge is 0.360 e. The Bertz CT molecular complexity index is 938. The molecule has 0 aliphatic heterocycles. The Kier molecular flexibility index (Phi) is 5.63. The van der Waals surface area contributed by atoms with Crippen LogP contribution in [-0.2, 0) is 15.9 Å². The van der Waals surface area contributed by atoms with E-state index in [2.05, 4.69) is 31.2 Å². The average Bonchev–Trinajstić information content (AvgIpc) is 3.02. The Morgan fingerprint density at radius 3 is 2.58 bits per heavy atom. The van der Waals surface area contributed by atoms with E-state index in [9.17, 15) is 4.79 Å². The van der Waals surface area contributed by atoms with Crippen molar-refractivity contribution in [2.75, 3.05) is 20.3 Å². The molecule has 1 aromatic carbocycles. The minimum Gasteiger partial charge on any atom is -0.458 e. The van der Waals surface area contributed by atoms with E-state index in [1.165, 1.54) is 0 Å². The van der Waals surface area contributed by atoms with Crippen LogP contribution in [0.3, 0.4) is 0 Å². The van der Waals surface area contributed by atoms with Crippen molar-refractivity contribution in [1.82, 2.24) is 19.8 Å². The van der Waals surface area contributed by atoms with Crippen molar-refractivity contribution in [3.63, 3.8) is 0 Å². The van der Waals surface area contributed by atoms with Crippen LogP contribution in [0.15, 0.2) is 28.7 Å². The van der Waals surface area contributed by atoms with E-state index < -0.39 is 5.97 Å². The van der Waals surface area contributed by atoms with Gasteiger partial charge in [0.1, 0.15) is 6.61 Å². The summed E-state index contributed by atoms with van der Waals surface area (Å²) in [6.45, 7) is 4.31. The van der Waals surface area contributed by atoms with E-state index in [1.54, 1.807) is 18.5 Å². The Balaban J connectivity index is 2.07. The van der Waals surface area contributed by atoms with E-state index in [4.69, 9.17) is 9.47 Å². The monoisotopic (exact) mass is 418 g/mol. The molecule has 0 unspecified atom stereocenters. The molecule has 3 aromatic rings. The highest BCUT2D eigenvalue weighted by molar-refractivity contribution is 9.10. The molecule has 0 spiro atoms. The second-order valence-corrected chi connectivity index (χ2v) is 6.60. The Hall–Kier alpha value is -2.32. The van der Waals surface area contributed by atoms with Gasteiger partial charge in [0, 0.05) is 11.6 Å². The molecule has 0 amide bonds. The molecule has 3 rings (SSSR count). The minimum absolute atomic E-state index is 0.154. The zero-order valence-corrected chi connectivity index (χ0v) is 16.4. The molecule has 0 fully saturated rings. The molecule has 0 N–H and O–H groups in total. The fourth-order valence-corrected chi connectivity index (χ4v) is 2.95. The highest BCUT2D eigenvalue weighted by Crippen LogP contribution is 2.29. The molecule has 0 aliphatic rings. The van der Waals surface area contributed by atoms with Crippen LogP contribution < -0.4 is 0 Å². The number of hydrogen-bond donors (Lipinski definition) is 0. The van der Waals surface area contributed by atoms with Gasteiger partial charge in [0.25, 0.3) is 0 Å². The molecule has 2 aromatic heterocycles. The molecular weight excluding hydrogens is 400 g/mol. The lowest BCUT2D eigenvalue weighted by molar-refractivity contribution is 0.0378. The lowest BCUT2D eigenvalue weighted by Crippen LogP contribution is -2.16. The van der Waals surface area contributed by atoms with E-state index in [-0.39, 0.29) is 12.3 Å². The van der Waals surface area contributed by atoms with Crippen LogP contribution in [-0.4, -0.2) is 46.1 Å². The first-order valence-corrected chi connectivity index (χ1v) is 9.03. The third-order valence-corrected chi connectivity index (χ3v) is 4.55. The first kappa shape index (κ1) is 18.5. The number of nitrogens with zero attached hydrogens (tertiary/aromatic N) is 4. The maximum Gasteiger partial charge on any atom is 0.360 e. The summed E-state index contributed by atoms with van der Waals surface area (Å²) in [6.07, 6.45) is 0.738. The molecule has 0 atom stereocenters. The van der Waals surface area contributed by atoms with E-state index >= 15 is 0 Å². The highest BCUT2D eigenvalue weighted by atomic mass is 79.9. The van der Waals surface area contributed by atoms with Crippen molar-refractivity contribution < 1.29 is 14.3 Å². The molecule has 0 saturated carbocycles. The predicted molar refractivity (Wildman–Crippen MR) is 100 cm³/mol. The number of ether oxygens (including phenoxy) is 2. The van der Waals surface area contributed by atoms with Gasteiger partial charge in [-0.1, -0.05) is 35.0 Å². The number of carbonyl (C=O) groups is 1. The predicted octanol–water partition coefficient (Wildman–Crippen LogP) is 3.23. The summed E-state index contributed by atoms with van der Waals surface area (Å²) in [6, 6.07) is 7.95. The lowest BCUT2D eigenvalue weighted by Gasteiger charge is -2.07. The van der Waals surface area contributed by atoms with Crippen LogP contribution >= 0.6 is 15.9 Å². The van der Waals surface area contributed by atoms with Gasteiger partial charge in [-0.05, 0) is 31.0 Å². The van der Waals surface area contributed by atoms with Crippen molar-refractivity contribution in [3.8, 4) is 11.1 Å². The largest absolute Gasteiger partial charge is 0.458 e. The number of aryl methyl sites for hydroxylation is 2. The molecule has 0 aliphatic carbocycles. The van der Waals surface area contributed by atoms with Crippen LogP contribution in [0.4, 0.5) is 0 Å². The summed E-state index contributed by atoms with van der Waals surface area (Å²) in [7, 11) is 1.55. The van der Waals surface area contributed by atoms with E-state index in [1.807, 2.05) is 31.2 Å². The van der Waals surface area contributed by atoms with Gasteiger partial charge < -0.3 is 9.47 Å². The molecule has 2 heterocycles. The summed E-state index contributed by atoms with van der Waals surface area (Å²) < 4.78 is 12.7. The topological polar surface area (TPSA) is 78.6 Å². The van der Waals surface area contributed by atoms with Crippen LogP contribution in [0.1, 0.15) is 28.8 Å². The van der Waals surface area contributed by atoms with Crippen LogP contribution in [0.25, 0.3) is 16.8 Å². The van der Waals surface area contributed by atoms with Crippen LogP contribution in [0.5, 0.6) is 0 Å². The third-order valence-electron chi connectivity index (χ3n) is 4.02. The fraction of sp³-hybridized carbons (Fsp3) is 0.333. The van der Waals surface area contributed by atoms with Gasteiger partial charge in [-0.15, -0.1) is 10.2 Å². The maximum atomic E-state index is 12.2. The Morgan fingerprint density at radius 1 is 1.19 bits per heavy atom. The fourth-order valence-electron chi connectivity index (χ4n) is 2.68. The normalized spacial score (nSPS) is 11.1. The minimum atomic E-state index is -0.535. The van der Waals surface area contributed by atoms with Crippen LogP contribution in [0, 0.1) is 6.92 Å². The van der Waals surface area contributed by atoms with Crippen molar-refractivity contribution in [3.05, 3.63) is 45.8 Å². The molecule has 26 heavy (non-hydrogen) atoms. The zero-order valence-electron chi connectivity index (χ0n) is 14.8. The van der Waals surface area contributed by atoms with Gasteiger partial charge in [0.15, 0.2) is 11.3 Å². The number of fused-ring (bicyclic) bond motifs is 1. The summed E-state index contributed by atoms with van der Waals surface area (Å²) in [5.74, 6) is -0.535. The van der Waals surface area contributed by atoms with Gasteiger partial charge in [0.2, 0.25) is 0 Å². The molecular formula is C18H19BrN4O3. The van der Waals surface area contributed by atoms with Crippen molar-refractivity contribution >= 4 is 27.5 Å². The summed E-state index contributed by atoms with van der Waals surface area (Å²) in [4.78, 5) is 12.2.